The van der Waals surface area contributed by atoms with Crippen molar-refractivity contribution in [2.75, 3.05) is 31.1 Å². The van der Waals surface area contributed by atoms with Gasteiger partial charge in [0.15, 0.2) is 0 Å². The number of fused-ring (bicyclic) bond motifs is 1. The van der Waals surface area contributed by atoms with Gasteiger partial charge in [0, 0.05) is 42.7 Å². The number of thiazole rings is 1. The molecular weight excluding hydrogens is 602 g/mol. The number of carboxylic acid groups (broad SMARTS) is 1. The third kappa shape index (κ3) is 7.09. The zero-order valence-corrected chi connectivity index (χ0v) is 24.7. The van der Waals surface area contributed by atoms with Gasteiger partial charge in [0.1, 0.15) is 9.22 Å². The lowest BCUT2D eigenvalue weighted by molar-refractivity contribution is -0.192. The summed E-state index contributed by atoms with van der Waals surface area (Å²) in [7, 11) is -1.86. The molecule has 1 fully saturated rings. The van der Waals surface area contributed by atoms with E-state index in [4.69, 9.17) is 14.6 Å². The first-order chi connectivity index (χ1) is 19.5. The van der Waals surface area contributed by atoms with Gasteiger partial charge in [0.25, 0.3) is 10.0 Å². The van der Waals surface area contributed by atoms with Gasteiger partial charge in [-0.25, -0.2) is 18.2 Å². The second kappa shape index (κ2) is 12.9. The fourth-order valence-corrected chi connectivity index (χ4v) is 8.14. The molecule has 1 aliphatic rings. The summed E-state index contributed by atoms with van der Waals surface area (Å²) in [4.78, 5) is 20.7. The van der Waals surface area contributed by atoms with E-state index in [9.17, 15) is 21.6 Å². The molecule has 3 aromatic heterocycles. The molecule has 1 atom stereocenters. The van der Waals surface area contributed by atoms with E-state index in [0.29, 0.717) is 22.5 Å². The molecule has 222 valence electrons. The number of thiophene rings is 1. The summed E-state index contributed by atoms with van der Waals surface area (Å²) >= 11 is 2.91. The lowest BCUT2D eigenvalue weighted by Crippen LogP contribution is -2.32. The number of sulfonamides is 1. The number of methoxy groups -OCH3 is 1. The Balaban J connectivity index is 0.000000493. The molecule has 0 saturated carbocycles. The highest BCUT2D eigenvalue weighted by atomic mass is 32.2. The molecule has 15 heteroatoms. The van der Waals surface area contributed by atoms with Crippen LogP contribution in [0, 0.1) is 0 Å². The Bertz CT molecular complexity index is 1570. The summed E-state index contributed by atoms with van der Waals surface area (Å²) in [6.07, 6.45) is -0.756. The number of nitrogens with one attached hydrogen (secondary N) is 1. The number of hydrogen-bond acceptors (Lipinski definition) is 8. The summed E-state index contributed by atoms with van der Waals surface area (Å²) in [6.45, 7) is 4.92. The third-order valence-electron chi connectivity index (χ3n) is 6.47. The number of benzene rings is 1. The number of rotatable bonds is 9. The summed E-state index contributed by atoms with van der Waals surface area (Å²) in [5, 5.41) is 10.8. The molecule has 1 aliphatic heterocycles. The van der Waals surface area contributed by atoms with Crippen LogP contribution in [0.4, 0.5) is 18.9 Å². The van der Waals surface area contributed by atoms with Crippen molar-refractivity contribution < 1.29 is 36.2 Å². The number of anilines is 1. The number of halogens is 3. The van der Waals surface area contributed by atoms with Crippen LogP contribution in [0.5, 0.6) is 0 Å². The molecular formula is C26H29F3N4O5S3. The van der Waals surface area contributed by atoms with Crippen LogP contribution in [0.3, 0.4) is 0 Å². The molecule has 41 heavy (non-hydrogen) atoms. The number of aromatic amines is 1. The van der Waals surface area contributed by atoms with E-state index in [0.717, 1.165) is 41.3 Å². The topological polar surface area (TPSA) is 116 Å². The van der Waals surface area contributed by atoms with Crippen molar-refractivity contribution in [2.24, 2.45) is 0 Å². The highest BCUT2D eigenvalue weighted by Crippen LogP contribution is 2.35. The molecule has 9 nitrogen and oxygen atoms in total. The molecule has 0 aliphatic carbocycles. The number of H-pyrrole nitrogens is 1. The number of likely N-dealkylation sites (tertiary alicyclic amines) is 1. The van der Waals surface area contributed by atoms with Crippen molar-refractivity contribution in [3.63, 3.8) is 0 Å². The number of ether oxygens (including phenoxy) is 1. The number of hydrogen-bond donors (Lipinski definition) is 2. The van der Waals surface area contributed by atoms with Crippen LogP contribution < -0.4 is 4.31 Å². The third-order valence-corrected chi connectivity index (χ3v) is 10.8. The zero-order chi connectivity index (χ0) is 29.8. The average molecular weight is 631 g/mol. The predicted octanol–water partition coefficient (Wildman–Crippen LogP) is 5.81. The van der Waals surface area contributed by atoms with Crippen molar-refractivity contribution in [3.8, 4) is 10.7 Å². The molecule has 1 saturated heterocycles. The van der Waals surface area contributed by atoms with E-state index >= 15 is 0 Å². The van der Waals surface area contributed by atoms with Gasteiger partial charge in [-0.1, -0.05) is 18.2 Å². The Kier molecular flexibility index (Phi) is 9.74. The van der Waals surface area contributed by atoms with Gasteiger partial charge < -0.3 is 14.8 Å². The predicted molar refractivity (Wildman–Crippen MR) is 153 cm³/mol. The Hall–Kier alpha value is -2.98. The van der Waals surface area contributed by atoms with Gasteiger partial charge in [-0.2, -0.15) is 13.2 Å². The van der Waals surface area contributed by atoms with Gasteiger partial charge in [-0.05, 0) is 49.9 Å². The van der Waals surface area contributed by atoms with Crippen LogP contribution in [0.1, 0.15) is 24.6 Å². The molecule has 0 radical (unpaired) electrons. The van der Waals surface area contributed by atoms with Gasteiger partial charge in [-0.15, -0.1) is 22.7 Å². The number of carbonyl (C=O) groups is 1. The van der Waals surface area contributed by atoms with Crippen LogP contribution in [-0.4, -0.2) is 73.4 Å². The molecule has 0 amide bonds. The highest BCUT2D eigenvalue weighted by Gasteiger charge is 2.38. The highest BCUT2D eigenvalue weighted by molar-refractivity contribution is 7.94. The second-order valence-corrected chi connectivity index (χ2v) is 13.3. The normalized spacial score (nSPS) is 16.1. The quantitative estimate of drug-likeness (QED) is 0.240. The summed E-state index contributed by atoms with van der Waals surface area (Å²) < 4.78 is 65.5. The van der Waals surface area contributed by atoms with Crippen molar-refractivity contribution in [1.29, 1.82) is 0 Å². The number of para-hydroxylation sites is 1. The van der Waals surface area contributed by atoms with Gasteiger partial charge in [0.05, 0.1) is 23.5 Å². The van der Waals surface area contributed by atoms with Gasteiger partial charge in [0.2, 0.25) is 0 Å². The van der Waals surface area contributed by atoms with Crippen LogP contribution in [0.25, 0.3) is 21.6 Å². The molecule has 2 N–H and O–H groups in total. The fourth-order valence-electron chi connectivity index (χ4n) is 4.64. The minimum atomic E-state index is -5.08. The molecule has 1 unspecified atom stereocenters. The summed E-state index contributed by atoms with van der Waals surface area (Å²) in [6, 6.07) is 11.7. The Morgan fingerprint density at radius 3 is 2.68 bits per heavy atom. The molecule has 4 aromatic rings. The minimum Gasteiger partial charge on any atom is -0.475 e. The van der Waals surface area contributed by atoms with Crippen LogP contribution in [-0.2, 0) is 26.1 Å². The Morgan fingerprint density at radius 1 is 1.29 bits per heavy atom. The van der Waals surface area contributed by atoms with Crippen LogP contribution in [0.15, 0.2) is 52.2 Å². The van der Waals surface area contributed by atoms with E-state index in [1.165, 1.54) is 33.4 Å². The van der Waals surface area contributed by atoms with Crippen molar-refractivity contribution in [2.45, 2.75) is 42.7 Å². The lowest BCUT2D eigenvalue weighted by atomic mass is 10.2. The number of carboxylic acids is 1. The Morgan fingerprint density at radius 2 is 2.05 bits per heavy atom. The number of aromatic nitrogens is 2. The number of aliphatic carboxylic acids is 1. The first-order valence-electron chi connectivity index (χ1n) is 12.6. The largest absolute Gasteiger partial charge is 0.490 e. The first-order valence-corrected chi connectivity index (χ1v) is 15.8. The Labute approximate surface area is 243 Å². The maximum atomic E-state index is 13.3. The zero-order valence-electron chi connectivity index (χ0n) is 22.2. The smallest absolute Gasteiger partial charge is 0.475 e. The maximum Gasteiger partial charge on any atom is 0.490 e. The standard InChI is InChI=1S/C24H28N4O3S3.C2HF3O2/c1-3-28(34(29,30)22-10-6-12-32-22)21-9-4-7-17-13-20(26-23(17)21)24-25-14-19(33-24)15-27-11-5-8-18(27)16-31-2;3-2(4,5)1(6)7/h4,6-7,9-10,12-14,18,26H,3,5,8,11,15-16H2,1-2H3;(H,6,7). The molecule has 4 heterocycles. The summed E-state index contributed by atoms with van der Waals surface area (Å²) in [5.41, 5.74) is 2.35. The van der Waals surface area contributed by atoms with E-state index < -0.39 is 22.2 Å². The minimum absolute atomic E-state index is 0.341. The van der Waals surface area contributed by atoms with Crippen molar-refractivity contribution >= 4 is 55.3 Å². The van der Waals surface area contributed by atoms with E-state index in [1.807, 2.05) is 31.3 Å². The van der Waals surface area contributed by atoms with Crippen LogP contribution in [0.2, 0.25) is 0 Å². The average Bonchev–Trinajstić information content (AvgIpc) is 3.72. The first kappa shape index (κ1) is 31.0. The van der Waals surface area contributed by atoms with Crippen molar-refractivity contribution in [3.05, 3.63) is 52.9 Å². The van der Waals surface area contributed by atoms with Gasteiger partial charge >= 0.3 is 12.1 Å². The molecule has 0 bridgehead atoms. The van der Waals surface area contributed by atoms with E-state index in [2.05, 4.69) is 20.9 Å². The second-order valence-electron chi connectivity index (χ2n) is 9.18. The van der Waals surface area contributed by atoms with Crippen LogP contribution >= 0.6 is 22.7 Å². The monoisotopic (exact) mass is 630 g/mol. The number of nitrogens with zero attached hydrogens (tertiary/aromatic N) is 3. The number of alkyl halides is 3. The maximum absolute atomic E-state index is 13.3. The van der Waals surface area contributed by atoms with Crippen molar-refractivity contribution in [1.82, 2.24) is 14.9 Å². The summed E-state index contributed by atoms with van der Waals surface area (Å²) in [5.74, 6) is -2.76. The SMILES string of the molecule is CCN(c1cccc2cc(-c3ncc(CN4CCCC4COC)s3)[nH]c12)S(=O)(=O)c1cccs1.O=C(O)C(F)(F)F. The molecule has 5 rings (SSSR count). The molecule has 1 aromatic carbocycles. The fraction of sp³-hybridized carbons (Fsp3) is 0.385. The van der Waals surface area contributed by atoms with Gasteiger partial charge in [-0.3, -0.25) is 9.21 Å². The van der Waals surface area contributed by atoms with E-state index in [1.54, 1.807) is 36.0 Å². The lowest BCUT2D eigenvalue weighted by Gasteiger charge is -2.22. The molecule has 0 spiro atoms. The van der Waals surface area contributed by atoms with E-state index in [-0.39, 0.29) is 0 Å².